The van der Waals surface area contributed by atoms with Gasteiger partial charge in [0, 0.05) is 53.4 Å². The van der Waals surface area contributed by atoms with Crippen LogP contribution in [0.5, 0.6) is 0 Å². The van der Waals surface area contributed by atoms with Crippen molar-refractivity contribution in [2.45, 2.75) is 253 Å². The topological polar surface area (TPSA) is 74.1 Å². The van der Waals surface area contributed by atoms with Crippen LogP contribution >= 0.6 is 34.8 Å². The predicted octanol–water partition coefficient (Wildman–Crippen LogP) is 25.9. The third kappa shape index (κ3) is 30.8. The molecular weight excluding hydrogens is 1310 g/mol. The number of rotatable bonds is 18. The van der Waals surface area contributed by atoms with Crippen molar-refractivity contribution >= 4 is 34.8 Å². The molecule has 0 saturated carbocycles. The number of hydrogen-bond donors (Lipinski definition) is 5. The third-order valence-corrected chi connectivity index (χ3v) is 19.0. The highest BCUT2D eigenvalue weighted by Crippen LogP contribution is 2.33. The van der Waals surface area contributed by atoms with Gasteiger partial charge in [0.2, 0.25) is 0 Å². The molecule has 558 valence electrons. The number of nitrogens with two attached hydrogens (primary N) is 1. The van der Waals surface area contributed by atoms with Crippen LogP contribution in [-0.2, 0) is 39.1 Å². The highest BCUT2D eigenvalue weighted by molar-refractivity contribution is 6.36. The normalized spacial score (nSPS) is 10.8. The van der Waals surface area contributed by atoms with E-state index in [1.807, 2.05) is 109 Å². The minimum Gasteiger partial charge on any atom is -0.326 e. The van der Waals surface area contributed by atoms with Crippen LogP contribution in [0, 0.1) is 65.9 Å². The summed E-state index contributed by atoms with van der Waals surface area (Å²) in [6.07, 6.45) is 1.14. The SMILES string of the molecule is CC(C)c1c(Cl)cccc1Cl.CC(C)c1c(F)cccc1Cl.CCc1ccc(C(C)C)c(C)c1.CNCc1c(C)cc(F)c(C(C)C)c1C.CNCc1cc(C)c(C(C)C)c(F)c1.CNCc1cccc(C(C)C)c1C.CNCc1cccc(C(C)C)c1C.Cc1c(CN)cccc1C(C)C. The molecule has 0 atom stereocenters. The standard InChI is InChI=1S/C13H20FN.C12H18FN.2C12H19N.C12H18.C11H17N.C9H10Cl2.C9H10ClF/c1-8(2)13-10(4)11(7-15-5)9(3)6-12(13)14;1-8(2)12-9(3)5-10(7-14-4)6-11(12)13;2*1-9(2)12-7-5-6-11(8-13-4)10(12)3;1-5-11-6-7-12(9(2)3)10(4)8-11;1-8(2)11-6-4-5-10(7-12)9(11)3;2*1-6(2)9-7(10)4-3-5-8(9)11/h6,8,15H,7H2,1-5H3;5-6,8,14H,7H2,1-4H3;2*5-7,9,13H,8H2,1-4H3;6-9H,5H2,1-4H3;4-6,8H,7,12H2,1-3H3;2*3-6H,1-2H3. The van der Waals surface area contributed by atoms with E-state index in [0.29, 0.717) is 46.7 Å². The molecular formula is C90H131Cl3F3N5. The highest BCUT2D eigenvalue weighted by Gasteiger charge is 2.17. The van der Waals surface area contributed by atoms with Crippen LogP contribution in [0.1, 0.15) is 282 Å². The van der Waals surface area contributed by atoms with E-state index in [9.17, 15) is 13.2 Å². The Labute approximate surface area is 628 Å². The minimum absolute atomic E-state index is 0.0696. The van der Waals surface area contributed by atoms with Gasteiger partial charge in [0.15, 0.2) is 0 Å². The molecule has 0 amide bonds. The van der Waals surface area contributed by atoms with Gasteiger partial charge in [0.25, 0.3) is 0 Å². The number of benzene rings is 8. The fraction of sp³-hybridized carbons (Fsp3) is 0.467. The second-order valence-electron chi connectivity index (χ2n) is 28.8. The average molecular weight is 1450 g/mol. The smallest absolute Gasteiger partial charge is 0.128 e. The molecule has 8 aromatic rings. The molecule has 0 aliphatic carbocycles. The van der Waals surface area contributed by atoms with Crippen molar-refractivity contribution in [3.8, 4) is 0 Å². The van der Waals surface area contributed by atoms with E-state index in [4.69, 9.17) is 40.5 Å². The lowest BCUT2D eigenvalue weighted by Crippen LogP contribution is -2.11. The van der Waals surface area contributed by atoms with Crippen molar-refractivity contribution in [1.29, 1.82) is 0 Å². The van der Waals surface area contributed by atoms with Gasteiger partial charge in [-0.3, -0.25) is 0 Å². The Morgan fingerprint density at radius 1 is 0.327 bits per heavy atom. The predicted molar refractivity (Wildman–Crippen MR) is 441 cm³/mol. The molecule has 0 saturated heterocycles. The van der Waals surface area contributed by atoms with E-state index >= 15 is 0 Å². The third-order valence-electron chi connectivity index (χ3n) is 18.0. The summed E-state index contributed by atoms with van der Waals surface area (Å²) in [6.45, 7) is 55.0. The first-order chi connectivity index (χ1) is 47.4. The van der Waals surface area contributed by atoms with E-state index in [1.54, 1.807) is 24.3 Å². The van der Waals surface area contributed by atoms with E-state index in [1.165, 1.54) is 78.4 Å². The summed E-state index contributed by atoms with van der Waals surface area (Å²) in [5.74, 6) is 3.14. The molecule has 0 spiro atoms. The fourth-order valence-corrected chi connectivity index (χ4v) is 13.9. The van der Waals surface area contributed by atoms with E-state index < -0.39 is 0 Å². The fourth-order valence-electron chi connectivity index (χ4n) is 12.7. The first kappa shape index (κ1) is 93.2. The van der Waals surface area contributed by atoms with Crippen molar-refractivity contribution in [3.05, 3.63) is 277 Å². The number of aryl methyl sites for hydroxylation is 4. The van der Waals surface area contributed by atoms with Crippen LogP contribution in [0.15, 0.2) is 127 Å². The van der Waals surface area contributed by atoms with E-state index in [2.05, 4.69) is 204 Å². The van der Waals surface area contributed by atoms with Gasteiger partial charge in [-0.1, -0.05) is 244 Å². The molecule has 5 nitrogen and oxygen atoms in total. The van der Waals surface area contributed by atoms with Crippen molar-refractivity contribution in [3.63, 3.8) is 0 Å². The molecule has 11 heteroatoms. The summed E-state index contributed by atoms with van der Waals surface area (Å²) >= 11 is 17.7. The monoisotopic (exact) mass is 1440 g/mol. The molecule has 0 radical (unpaired) electrons. The lowest BCUT2D eigenvalue weighted by molar-refractivity contribution is 0.591. The van der Waals surface area contributed by atoms with Gasteiger partial charge in [0.1, 0.15) is 17.5 Å². The summed E-state index contributed by atoms with van der Waals surface area (Å²) < 4.78 is 40.4. The molecule has 0 bridgehead atoms. The van der Waals surface area contributed by atoms with Crippen LogP contribution in [-0.4, -0.2) is 28.2 Å². The number of hydrogen-bond acceptors (Lipinski definition) is 5. The molecule has 0 aliphatic rings. The van der Waals surface area contributed by atoms with Gasteiger partial charge >= 0.3 is 0 Å². The lowest BCUT2D eigenvalue weighted by atomic mass is 9.91. The molecule has 6 N–H and O–H groups in total. The summed E-state index contributed by atoms with van der Waals surface area (Å²) in [5.41, 5.74) is 31.4. The molecule has 0 aromatic heterocycles. The van der Waals surface area contributed by atoms with Gasteiger partial charge < -0.3 is 27.0 Å². The zero-order valence-electron chi connectivity index (χ0n) is 67.3. The van der Waals surface area contributed by atoms with Crippen LogP contribution in [0.3, 0.4) is 0 Å². The first-order valence-corrected chi connectivity index (χ1v) is 37.7. The molecule has 8 aromatic carbocycles. The average Bonchev–Trinajstić information content (AvgIpc) is 0.809. The van der Waals surface area contributed by atoms with Crippen LogP contribution < -0.4 is 27.0 Å². The van der Waals surface area contributed by atoms with Crippen molar-refractivity contribution < 1.29 is 13.2 Å². The van der Waals surface area contributed by atoms with Crippen molar-refractivity contribution in [2.24, 2.45) is 5.73 Å². The van der Waals surface area contributed by atoms with Crippen molar-refractivity contribution in [2.75, 3.05) is 28.2 Å². The quantitative estimate of drug-likeness (QED) is 0.0592. The van der Waals surface area contributed by atoms with Gasteiger partial charge in [-0.25, -0.2) is 13.2 Å². The number of halogens is 6. The Bertz CT molecular complexity index is 3540. The lowest BCUT2D eigenvalue weighted by Gasteiger charge is -2.17. The molecule has 0 unspecified atom stereocenters. The Kier molecular flexibility index (Phi) is 44.6. The second-order valence-corrected chi connectivity index (χ2v) is 30.0. The zero-order chi connectivity index (χ0) is 77.1. The molecule has 0 fully saturated rings. The zero-order valence-corrected chi connectivity index (χ0v) is 69.6. The van der Waals surface area contributed by atoms with Gasteiger partial charge in [0.05, 0.1) is 0 Å². The minimum atomic E-state index is -0.215. The van der Waals surface area contributed by atoms with E-state index in [0.717, 1.165) is 81.6 Å². The van der Waals surface area contributed by atoms with E-state index in [-0.39, 0.29) is 35.2 Å². The Morgan fingerprint density at radius 2 is 0.693 bits per heavy atom. The molecule has 0 heterocycles. The molecule has 0 aliphatic heterocycles. The van der Waals surface area contributed by atoms with Gasteiger partial charge in [-0.15, -0.1) is 0 Å². The number of nitrogens with one attached hydrogen (secondary N) is 4. The summed E-state index contributed by atoms with van der Waals surface area (Å²) in [6, 6.07) is 42.0. The van der Waals surface area contributed by atoms with Crippen LogP contribution in [0.2, 0.25) is 15.1 Å². The Balaban J connectivity index is 0.000000578. The van der Waals surface area contributed by atoms with Gasteiger partial charge in [-0.2, -0.15) is 0 Å². The maximum atomic E-state index is 13.8. The van der Waals surface area contributed by atoms with Crippen LogP contribution in [0.25, 0.3) is 0 Å². The van der Waals surface area contributed by atoms with Crippen LogP contribution in [0.4, 0.5) is 13.2 Å². The summed E-state index contributed by atoms with van der Waals surface area (Å²) in [4.78, 5) is 0. The maximum absolute atomic E-state index is 13.8. The Hall–Kier alpha value is -5.78. The Morgan fingerprint density at radius 3 is 1.03 bits per heavy atom. The largest absolute Gasteiger partial charge is 0.326 e. The second kappa shape index (κ2) is 48.3. The molecule has 101 heavy (non-hydrogen) atoms. The first-order valence-electron chi connectivity index (χ1n) is 36.5. The molecule has 8 rings (SSSR count). The summed E-state index contributed by atoms with van der Waals surface area (Å²) in [5, 5.41) is 14.6. The summed E-state index contributed by atoms with van der Waals surface area (Å²) in [7, 11) is 7.75. The highest BCUT2D eigenvalue weighted by atomic mass is 35.5. The van der Waals surface area contributed by atoms with Gasteiger partial charge in [-0.05, 0) is 278 Å². The van der Waals surface area contributed by atoms with Crippen molar-refractivity contribution in [1.82, 2.24) is 21.3 Å². The maximum Gasteiger partial charge on any atom is 0.128 e.